The van der Waals surface area contributed by atoms with Gasteiger partial charge in [-0.15, -0.1) is 0 Å². The van der Waals surface area contributed by atoms with Crippen LogP contribution in [0.2, 0.25) is 0 Å². The van der Waals surface area contributed by atoms with E-state index in [4.69, 9.17) is 15.3 Å². The number of aliphatic carboxylic acids is 2. The standard InChI is InChI=1S/C10H16F2O4.C7H12F2O3.C4H4F2O4/c1-6(2)15-8(13)5-10(11,12)9(14)16-7(3)4;1-5(2)12-6(11)3-7(8,9)4-10;5-4(6,3(9)10)1-2(7)8/h6-7H,5H2,1-4H3;5,10H,3-4H2,1-2H3;1H2,(H,7,8)(H,9,10). The van der Waals surface area contributed by atoms with Crippen molar-refractivity contribution in [3.8, 4) is 0 Å². The summed E-state index contributed by atoms with van der Waals surface area (Å²) < 4.78 is 87.7. The Hall–Kier alpha value is -3.11. The number of alkyl halides is 6. The second-order valence-corrected chi connectivity index (χ2v) is 8.18. The van der Waals surface area contributed by atoms with E-state index < -0.39 is 91.8 Å². The summed E-state index contributed by atoms with van der Waals surface area (Å²) in [6.07, 6.45) is -5.60. The average molecular weight is 574 g/mol. The third-order valence-corrected chi connectivity index (χ3v) is 3.06. The largest absolute Gasteiger partial charge is 0.481 e. The van der Waals surface area contributed by atoms with Gasteiger partial charge in [0.05, 0.1) is 18.3 Å². The number of halogens is 6. The van der Waals surface area contributed by atoms with Gasteiger partial charge in [-0.1, -0.05) is 0 Å². The summed E-state index contributed by atoms with van der Waals surface area (Å²) in [5.74, 6) is -19.5. The Morgan fingerprint density at radius 2 is 1.00 bits per heavy atom. The van der Waals surface area contributed by atoms with Crippen molar-refractivity contribution in [2.75, 3.05) is 6.61 Å². The molecule has 0 aromatic rings. The number of hydrogen-bond donors (Lipinski definition) is 3. The molecule has 0 atom stereocenters. The molecule has 0 aliphatic rings. The van der Waals surface area contributed by atoms with E-state index in [2.05, 4.69) is 14.2 Å². The van der Waals surface area contributed by atoms with Gasteiger partial charge in [0, 0.05) is 0 Å². The van der Waals surface area contributed by atoms with Gasteiger partial charge < -0.3 is 29.5 Å². The van der Waals surface area contributed by atoms with Crippen LogP contribution in [0.1, 0.15) is 60.8 Å². The molecule has 38 heavy (non-hydrogen) atoms. The first-order valence-corrected chi connectivity index (χ1v) is 10.7. The molecule has 0 rings (SSSR count). The summed E-state index contributed by atoms with van der Waals surface area (Å²) in [5.41, 5.74) is 0. The topological polar surface area (TPSA) is 174 Å². The first-order chi connectivity index (χ1) is 16.9. The second-order valence-electron chi connectivity index (χ2n) is 8.18. The Balaban J connectivity index is -0.000000499. The molecule has 17 heteroatoms. The fourth-order valence-corrected chi connectivity index (χ4v) is 1.70. The molecule has 0 fully saturated rings. The fourth-order valence-electron chi connectivity index (χ4n) is 1.70. The van der Waals surface area contributed by atoms with Crippen LogP contribution >= 0.6 is 0 Å². The quantitative estimate of drug-likeness (QED) is 0.178. The summed E-state index contributed by atoms with van der Waals surface area (Å²) >= 11 is 0. The molecule has 0 aromatic carbocycles. The van der Waals surface area contributed by atoms with Gasteiger partial charge in [0.1, 0.15) is 25.9 Å². The highest BCUT2D eigenvalue weighted by atomic mass is 19.3. The minimum absolute atomic E-state index is 0.410. The Morgan fingerprint density at radius 1 is 0.632 bits per heavy atom. The number of aliphatic hydroxyl groups excluding tert-OH is 1. The molecular weight excluding hydrogens is 542 g/mol. The zero-order valence-electron chi connectivity index (χ0n) is 21.4. The number of carboxylic acid groups (broad SMARTS) is 2. The second kappa shape index (κ2) is 17.4. The molecule has 0 aliphatic carbocycles. The highest BCUT2D eigenvalue weighted by Crippen LogP contribution is 2.22. The highest BCUT2D eigenvalue weighted by molar-refractivity contribution is 5.84. The summed E-state index contributed by atoms with van der Waals surface area (Å²) in [4.78, 5) is 51.6. The van der Waals surface area contributed by atoms with Crippen LogP contribution in [-0.4, -0.2) is 87.9 Å². The third kappa shape index (κ3) is 22.1. The molecule has 0 aromatic heterocycles. The van der Waals surface area contributed by atoms with Gasteiger partial charge in [-0.05, 0) is 41.5 Å². The maximum Gasteiger partial charge on any atom is 0.377 e. The van der Waals surface area contributed by atoms with Crippen molar-refractivity contribution >= 4 is 29.8 Å². The molecule has 0 radical (unpaired) electrons. The molecule has 0 heterocycles. The molecule has 0 aliphatic heterocycles. The van der Waals surface area contributed by atoms with E-state index in [0.29, 0.717) is 0 Å². The van der Waals surface area contributed by atoms with Gasteiger partial charge in [0.25, 0.3) is 5.92 Å². The van der Waals surface area contributed by atoms with Gasteiger partial charge in [-0.25, -0.2) is 18.4 Å². The van der Waals surface area contributed by atoms with Crippen LogP contribution in [0, 0.1) is 0 Å². The molecule has 0 bridgehead atoms. The van der Waals surface area contributed by atoms with Crippen LogP contribution in [-0.2, 0) is 38.2 Å². The first kappa shape index (κ1) is 39.4. The summed E-state index contributed by atoms with van der Waals surface area (Å²) in [6, 6.07) is 0. The number of carbonyl (C=O) groups is 5. The number of esters is 3. The predicted octanol–water partition coefficient (Wildman–Crippen LogP) is 3.05. The molecule has 0 spiro atoms. The summed E-state index contributed by atoms with van der Waals surface area (Å²) in [7, 11) is 0. The lowest BCUT2D eigenvalue weighted by Gasteiger charge is -2.17. The van der Waals surface area contributed by atoms with Crippen LogP contribution in [0.3, 0.4) is 0 Å². The third-order valence-electron chi connectivity index (χ3n) is 3.06. The average Bonchev–Trinajstić information content (AvgIpc) is 2.65. The molecular formula is C21H32F6O11. The Bertz CT molecular complexity index is 784. The lowest BCUT2D eigenvalue weighted by molar-refractivity contribution is -0.183. The van der Waals surface area contributed by atoms with E-state index >= 15 is 0 Å². The number of aliphatic hydroxyl groups is 1. The van der Waals surface area contributed by atoms with Gasteiger partial charge in [-0.3, -0.25) is 14.4 Å². The lowest BCUT2D eigenvalue weighted by atomic mass is 10.2. The van der Waals surface area contributed by atoms with E-state index in [1.54, 1.807) is 13.8 Å². The number of hydrogen-bond acceptors (Lipinski definition) is 9. The van der Waals surface area contributed by atoms with Gasteiger partial charge >= 0.3 is 41.7 Å². The van der Waals surface area contributed by atoms with Crippen molar-refractivity contribution in [1.29, 1.82) is 0 Å². The SMILES string of the molecule is CC(C)OC(=O)CC(F)(F)C(=O)OC(C)C.CC(C)OC(=O)CC(F)(F)CO.O=C(O)CC(F)(F)C(=O)O. The molecule has 3 N–H and O–H groups in total. The lowest BCUT2D eigenvalue weighted by Crippen LogP contribution is -2.35. The normalized spacial score (nSPS) is 11.6. The van der Waals surface area contributed by atoms with Crippen molar-refractivity contribution in [3.63, 3.8) is 0 Å². The van der Waals surface area contributed by atoms with Crippen molar-refractivity contribution in [2.45, 2.75) is 96.9 Å². The number of rotatable bonds is 12. The first-order valence-electron chi connectivity index (χ1n) is 10.7. The van der Waals surface area contributed by atoms with Crippen molar-refractivity contribution in [1.82, 2.24) is 0 Å². The van der Waals surface area contributed by atoms with Crippen molar-refractivity contribution in [3.05, 3.63) is 0 Å². The molecule has 224 valence electrons. The van der Waals surface area contributed by atoms with Gasteiger partial charge in [-0.2, -0.15) is 17.6 Å². The molecule has 11 nitrogen and oxygen atoms in total. The van der Waals surface area contributed by atoms with Gasteiger partial charge in [0.2, 0.25) is 0 Å². The highest BCUT2D eigenvalue weighted by Gasteiger charge is 2.44. The van der Waals surface area contributed by atoms with E-state index in [0.717, 1.165) is 0 Å². The number of carbonyl (C=O) groups excluding carboxylic acids is 3. The minimum atomic E-state index is -4.16. The van der Waals surface area contributed by atoms with Crippen LogP contribution in [0.25, 0.3) is 0 Å². The Labute approximate surface area is 214 Å². The van der Waals surface area contributed by atoms with E-state index in [-0.39, 0.29) is 0 Å². The minimum Gasteiger partial charge on any atom is -0.481 e. The van der Waals surface area contributed by atoms with Crippen molar-refractivity contribution < 1.29 is 79.8 Å². The van der Waals surface area contributed by atoms with Crippen LogP contribution in [0.5, 0.6) is 0 Å². The number of ether oxygens (including phenoxy) is 3. The van der Waals surface area contributed by atoms with E-state index in [1.807, 2.05) is 0 Å². The molecule has 0 saturated carbocycles. The zero-order chi connectivity index (χ0) is 31.1. The zero-order valence-corrected chi connectivity index (χ0v) is 21.4. The van der Waals surface area contributed by atoms with Crippen LogP contribution in [0.15, 0.2) is 0 Å². The van der Waals surface area contributed by atoms with Gasteiger partial charge in [0.15, 0.2) is 0 Å². The monoisotopic (exact) mass is 574 g/mol. The smallest absolute Gasteiger partial charge is 0.377 e. The Morgan fingerprint density at radius 3 is 1.26 bits per heavy atom. The van der Waals surface area contributed by atoms with E-state index in [9.17, 15) is 50.3 Å². The molecule has 0 saturated heterocycles. The summed E-state index contributed by atoms with van der Waals surface area (Å²) in [5, 5.41) is 23.6. The Kier molecular flexibility index (Phi) is 18.1. The number of carboxylic acids is 2. The maximum atomic E-state index is 13.1. The van der Waals surface area contributed by atoms with Crippen molar-refractivity contribution in [2.24, 2.45) is 0 Å². The molecule has 0 unspecified atom stereocenters. The van der Waals surface area contributed by atoms with E-state index in [1.165, 1.54) is 27.7 Å². The predicted molar refractivity (Wildman–Crippen MR) is 115 cm³/mol. The maximum absolute atomic E-state index is 13.1. The fraction of sp³-hybridized carbons (Fsp3) is 0.762. The summed E-state index contributed by atoms with van der Waals surface area (Å²) in [6.45, 7) is 7.75. The van der Waals surface area contributed by atoms with Crippen LogP contribution in [0.4, 0.5) is 26.3 Å². The van der Waals surface area contributed by atoms with Crippen LogP contribution < -0.4 is 0 Å². The molecule has 0 amide bonds.